The lowest BCUT2D eigenvalue weighted by Gasteiger charge is -2.26. The molecule has 2 aromatic heterocycles. The Kier molecular flexibility index (Phi) is 4.73. The van der Waals surface area contributed by atoms with Gasteiger partial charge in [-0.25, -0.2) is 18.5 Å². The summed E-state index contributed by atoms with van der Waals surface area (Å²) in [6.45, 7) is 0. The fourth-order valence-electron chi connectivity index (χ4n) is 3.50. The molecule has 1 aliphatic rings. The van der Waals surface area contributed by atoms with E-state index in [4.69, 9.17) is 10.9 Å². The van der Waals surface area contributed by atoms with Crippen molar-refractivity contribution in [3.63, 3.8) is 0 Å². The highest BCUT2D eigenvalue weighted by Gasteiger charge is 2.30. The van der Waals surface area contributed by atoms with Gasteiger partial charge in [-0.05, 0) is 35.8 Å². The molecule has 0 saturated heterocycles. The maximum Gasteiger partial charge on any atom is 0.239 e. The van der Waals surface area contributed by atoms with Crippen molar-refractivity contribution in [1.82, 2.24) is 25.6 Å². The first kappa shape index (κ1) is 19.4. The van der Waals surface area contributed by atoms with Crippen molar-refractivity contribution < 1.29 is 8.42 Å². The standard InChI is InChI=1S/C18H17N7O2S3/c19-18-21-15-11(5-2-6-12(15)29-18)10-7-8-13(28-9-3-1-4-9)16(30(20,26)27)14(10)17-22-24-25-23-17/h2,5-9H,1,3-4H2,(H2,19,21)(H2,20,26,27)(H,22,23,24,25). The Labute approximate surface area is 180 Å². The Bertz CT molecular complexity index is 1350. The zero-order valence-corrected chi connectivity index (χ0v) is 18.0. The van der Waals surface area contributed by atoms with E-state index in [0.717, 1.165) is 29.5 Å². The number of sulfonamides is 1. The molecule has 0 radical (unpaired) electrons. The van der Waals surface area contributed by atoms with Crippen LogP contribution >= 0.6 is 23.1 Å². The van der Waals surface area contributed by atoms with Gasteiger partial charge in [0, 0.05) is 15.7 Å². The molecule has 0 spiro atoms. The molecule has 0 bridgehead atoms. The minimum atomic E-state index is -4.08. The van der Waals surface area contributed by atoms with Gasteiger partial charge < -0.3 is 5.73 Å². The van der Waals surface area contributed by atoms with Crippen molar-refractivity contribution in [3.05, 3.63) is 30.3 Å². The van der Waals surface area contributed by atoms with E-state index < -0.39 is 10.0 Å². The number of H-pyrrole nitrogens is 1. The molecule has 1 fully saturated rings. The van der Waals surface area contributed by atoms with Gasteiger partial charge in [-0.3, -0.25) is 0 Å². The molecule has 4 aromatic rings. The van der Waals surface area contributed by atoms with Gasteiger partial charge >= 0.3 is 0 Å². The maximum atomic E-state index is 12.8. The average Bonchev–Trinajstić information content (AvgIpc) is 3.31. The van der Waals surface area contributed by atoms with Crippen molar-refractivity contribution in [3.8, 4) is 22.5 Å². The summed E-state index contributed by atoms with van der Waals surface area (Å²) >= 11 is 2.89. The predicted molar refractivity (Wildman–Crippen MR) is 118 cm³/mol. The number of nitrogen functional groups attached to an aromatic ring is 1. The Balaban J connectivity index is 1.83. The summed E-state index contributed by atoms with van der Waals surface area (Å²) < 4.78 is 26.4. The van der Waals surface area contributed by atoms with Crippen molar-refractivity contribution >= 4 is 48.5 Å². The molecule has 5 N–H and O–H groups in total. The van der Waals surface area contributed by atoms with Gasteiger partial charge in [0.15, 0.2) is 5.13 Å². The summed E-state index contributed by atoms with van der Waals surface area (Å²) in [6.07, 6.45) is 3.24. The van der Waals surface area contributed by atoms with Crippen LogP contribution in [0.15, 0.2) is 40.1 Å². The number of tetrazole rings is 1. The van der Waals surface area contributed by atoms with Crippen LogP contribution in [0.2, 0.25) is 0 Å². The Morgan fingerprint density at radius 2 is 2.00 bits per heavy atom. The maximum absolute atomic E-state index is 12.8. The minimum Gasteiger partial charge on any atom is -0.375 e. The number of rotatable bonds is 5. The Hall–Kier alpha value is -2.54. The second kappa shape index (κ2) is 7.30. The molecule has 0 atom stereocenters. The van der Waals surface area contributed by atoms with Crippen molar-refractivity contribution in [2.45, 2.75) is 34.3 Å². The normalized spacial score (nSPS) is 14.8. The van der Waals surface area contributed by atoms with Crippen LogP contribution in [0, 0.1) is 0 Å². The van der Waals surface area contributed by atoms with Crippen LogP contribution in [0.4, 0.5) is 5.13 Å². The minimum absolute atomic E-state index is 0.0125. The van der Waals surface area contributed by atoms with Gasteiger partial charge in [0.25, 0.3) is 0 Å². The molecule has 1 aliphatic carbocycles. The number of hydrogen-bond acceptors (Lipinski definition) is 9. The average molecular weight is 460 g/mol. The van der Waals surface area contributed by atoms with Crippen molar-refractivity contribution in [2.75, 3.05) is 5.73 Å². The van der Waals surface area contributed by atoms with Gasteiger partial charge in [0.1, 0.15) is 4.90 Å². The Morgan fingerprint density at radius 1 is 1.17 bits per heavy atom. The number of nitrogens with two attached hydrogens (primary N) is 2. The molecule has 30 heavy (non-hydrogen) atoms. The molecule has 2 aromatic carbocycles. The van der Waals surface area contributed by atoms with E-state index >= 15 is 0 Å². The van der Waals surface area contributed by atoms with E-state index in [9.17, 15) is 8.42 Å². The zero-order chi connectivity index (χ0) is 20.9. The molecule has 0 unspecified atom stereocenters. The fourth-order valence-corrected chi connectivity index (χ4v) is 6.88. The Morgan fingerprint density at radius 3 is 2.67 bits per heavy atom. The van der Waals surface area contributed by atoms with Gasteiger partial charge in [0.2, 0.25) is 15.8 Å². The number of benzene rings is 2. The number of fused-ring (bicyclic) bond motifs is 1. The van der Waals surface area contributed by atoms with Crippen LogP contribution in [0.1, 0.15) is 19.3 Å². The summed E-state index contributed by atoms with van der Waals surface area (Å²) in [7, 11) is -4.08. The number of nitrogens with one attached hydrogen (secondary N) is 1. The lowest BCUT2D eigenvalue weighted by Crippen LogP contribution is -2.18. The van der Waals surface area contributed by atoms with Crippen LogP contribution in [0.3, 0.4) is 0 Å². The predicted octanol–water partition coefficient (Wildman–Crippen LogP) is 3.02. The van der Waals surface area contributed by atoms with Crippen LogP contribution in [-0.2, 0) is 10.0 Å². The molecule has 154 valence electrons. The SMILES string of the molecule is Nc1nc2c(-c3ccc(SC4CCC4)c(S(N)(=O)=O)c3-c3nn[nH]n3)cccc2s1. The van der Waals surface area contributed by atoms with E-state index in [1.165, 1.54) is 23.1 Å². The molecule has 1 saturated carbocycles. The molecule has 12 heteroatoms. The summed E-state index contributed by atoms with van der Waals surface area (Å²) in [5.41, 5.74) is 8.25. The highest BCUT2D eigenvalue weighted by Crippen LogP contribution is 2.46. The van der Waals surface area contributed by atoms with E-state index in [1.807, 2.05) is 24.3 Å². The zero-order valence-electron chi connectivity index (χ0n) is 15.6. The monoisotopic (exact) mass is 459 g/mol. The number of primary sulfonamides is 1. The quantitative estimate of drug-likeness (QED) is 0.411. The molecule has 0 amide bonds. The number of aromatic nitrogens is 5. The first-order chi connectivity index (χ1) is 14.4. The second-order valence-corrected chi connectivity index (χ2v) is 10.9. The smallest absolute Gasteiger partial charge is 0.239 e. The van der Waals surface area contributed by atoms with Crippen LogP contribution in [0.5, 0.6) is 0 Å². The van der Waals surface area contributed by atoms with E-state index in [-0.39, 0.29) is 10.7 Å². The number of thiazole rings is 1. The van der Waals surface area contributed by atoms with Crippen LogP contribution in [0.25, 0.3) is 32.7 Å². The number of para-hydroxylation sites is 1. The van der Waals surface area contributed by atoms with Crippen LogP contribution in [-0.4, -0.2) is 39.3 Å². The summed E-state index contributed by atoms with van der Waals surface area (Å²) in [5.74, 6) is 0.158. The molecular formula is C18H17N7O2S3. The third-order valence-corrected chi connectivity index (χ3v) is 8.42. The fraction of sp³-hybridized carbons (Fsp3) is 0.222. The van der Waals surface area contributed by atoms with Gasteiger partial charge in [0.05, 0.1) is 15.8 Å². The van der Waals surface area contributed by atoms with Crippen LogP contribution < -0.4 is 10.9 Å². The summed E-state index contributed by atoms with van der Waals surface area (Å²) in [4.78, 5) is 5.05. The molecule has 5 rings (SSSR count). The molecule has 9 nitrogen and oxygen atoms in total. The number of aromatic amines is 1. The first-order valence-corrected chi connectivity index (χ1v) is 12.4. The molecule has 0 aliphatic heterocycles. The summed E-state index contributed by atoms with van der Waals surface area (Å²) in [5, 5.41) is 20.7. The van der Waals surface area contributed by atoms with Gasteiger partial charge in [-0.15, -0.1) is 22.0 Å². The van der Waals surface area contributed by atoms with Crippen molar-refractivity contribution in [2.24, 2.45) is 5.14 Å². The van der Waals surface area contributed by atoms with Gasteiger partial charge in [-0.2, -0.15) is 5.21 Å². The van der Waals surface area contributed by atoms with Gasteiger partial charge in [-0.1, -0.05) is 36.0 Å². The molecule has 2 heterocycles. The lowest BCUT2D eigenvalue weighted by molar-refractivity contribution is 0.521. The number of anilines is 1. The summed E-state index contributed by atoms with van der Waals surface area (Å²) in [6, 6.07) is 9.33. The number of nitrogens with zero attached hydrogens (tertiary/aromatic N) is 4. The first-order valence-electron chi connectivity index (χ1n) is 9.17. The largest absolute Gasteiger partial charge is 0.375 e. The number of thioether (sulfide) groups is 1. The molecular weight excluding hydrogens is 442 g/mol. The second-order valence-electron chi connectivity index (χ2n) is 6.97. The topological polar surface area (TPSA) is 154 Å². The van der Waals surface area contributed by atoms with E-state index in [1.54, 1.807) is 6.07 Å². The lowest BCUT2D eigenvalue weighted by atomic mass is 9.98. The highest BCUT2D eigenvalue weighted by atomic mass is 32.2. The van der Waals surface area contributed by atoms with Crippen molar-refractivity contribution in [1.29, 1.82) is 0 Å². The number of hydrogen-bond donors (Lipinski definition) is 3. The third kappa shape index (κ3) is 3.35. The van der Waals surface area contributed by atoms with E-state index in [0.29, 0.717) is 31.9 Å². The third-order valence-electron chi connectivity index (χ3n) is 5.05. The van der Waals surface area contributed by atoms with E-state index in [2.05, 4.69) is 25.6 Å². The highest BCUT2D eigenvalue weighted by molar-refractivity contribution is 8.00.